The van der Waals surface area contributed by atoms with Crippen LogP contribution in [-0.4, -0.2) is 31.4 Å². The first-order chi connectivity index (χ1) is 7.63. The highest BCUT2D eigenvalue weighted by Crippen LogP contribution is 2.14. The summed E-state index contributed by atoms with van der Waals surface area (Å²) in [5.74, 6) is 0.0228. The highest BCUT2D eigenvalue weighted by Gasteiger charge is 2.05. The van der Waals surface area contributed by atoms with Crippen molar-refractivity contribution in [2.75, 3.05) is 26.0 Å². The van der Waals surface area contributed by atoms with Crippen molar-refractivity contribution in [2.45, 2.75) is 13.0 Å². The van der Waals surface area contributed by atoms with E-state index in [1.165, 1.54) is 0 Å². The molecule has 0 heterocycles. The maximum absolute atomic E-state index is 11.6. The van der Waals surface area contributed by atoms with Crippen molar-refractivity contribution in [2.24, 2.45) is 5.73 Å². The lowest BCUT2D eigenvalue weighted by Crippen LogP contribution is -2.21. The zero-order chi connectivity index (χ0) is 12.0. The first-order valence-corrected chi connectivity index (χ1v) is 5.36. The minimum atomic E-state index is 0.0228. The molecule has 0 aliphatic rings. The number of hydrogen-bond donors (Lipinski definition) is 2. The molecule has 0 radical (unpaired) electrons. The van der Waals surface area contributed by atoms with E-state index in [-0.39, 0.29) is 5.91 Å². The molecule has 4 nitrogen and oxygen atoms in total. The highest BCUT2D eigenvalue weighted by molar-refractivity contribution is 5.91. The van der Waals surface area contributed by atoms with E-state index in [9.17, 15) is 4.79 Å². The molecule has 0 spiro atoms. The van der Waals surface area contributed by atoms with Crippen LogP contribution in [-0.2, 0) is 11.3 Å². The fourth-order valence-electron chi connectivity index (χ4n) is 1.36. The van der Waals surface area contributed by atoms with Crippen LogP contribution >= 0.6 is 0 Å². The molecule has 0 saturated carbocycles. The summed E-state index contributed by atoms with van der Waals surface area (Å²) in [5, 5.41) is 2.87. The molecule has 0 bridgehead atoms. The SMILES string of the molecule is CN(C)CCC(=O)Nc1ccccc1CN. The van der Waals surface area contributed by atoms with Crippen molar-refractivity contribution in [1.82, 2.24) is 4.90 Å². The zero-order valence-electron chi connectivity index (χ0n) is 9.86. The lowest BCUT2D eigenvalue weighted by Gasteiger charge is -2.11. The summed E-state index contributed by atoms with van der Waals surface area (Å²) >= 11 is 0. The Balaban J connectivity index is 2.55. The number of carbonyl (C=O) groups excluding carboxylic acids is 1. The Morgan fingerprint density at radius 3 is 2.69 bits per heavy atom. The summed E-state index contributed by atoms with van der Waals surface area (Å²) in [7, 11) is 3.89. The van der Waals surface area contributed by atoms with E-state index in [4.69, 9.17) is 5.73 Å². The lowest BCUT2D eigenvalue weighted by atomic mass is 10.2. The third kappa shape index (κ3) is 4.00. The Labute approximate surface area is 96.4 Å². The third-order valence-electron chi connectivity index (χ3n) is 2.30. The van der Waals surface area contributed by atoms with Gasteiger partial charge in [0.25, 0.3) is 0 Å². The number of carbonyl (C=O) groups is 1. The van der Waals surface area contributed by atoms with Crippen molar-refractivity contribution in [3.63, 3.8) is 0 Å². The highest BCUT2D eigenvalue weighted by atomic mass is 16.1. The molecule has 0 aliphatic carbocycles. The summed E-state index contributed by atoms with van der Waals surface area (Å²) in [6.07, 6.45) is 0.492. The maximum atomic E-state index is 11.6. The zero-order valence-corrected chi connectivity index (χ0v) is 9.86. The van der Waals surface area contributed by atoms with E-state index in [2.05, 4.69) is 5.32 Å². The predicted octanol–water partition coefficient (Wildman–Crippen LogP) is 1.04. The Morgan fingerprint density at radius 1 is 1.38 bits per heavy atom. The quantitative estimate of drug-likeness (QED) is 0.781. The number of amides is 1. The fraction of sp³-hybridized carbons (Fsp3) is 0.417. The number of nitrogens with two attached hydrogens (primary N) is 1. The molecule has 0 unspecified atom stereocenters. The van der Waals surface area contributed by atoms with Gasteiger partial charge in [0, 0.05) is 25.2 Å². The van der Waals surface area contributed by atoms with E-state index in [0.717, 1.165) is 17.8 Å². The smallest absolute Gasteiger partial charge is 0.225 e. The summed E-state index contributed by atoms with van der Waals surface area (Å²) in [4.78, 5) is 13.6. The van der Waals surface area contributed by atoms with Gasteiger partial charge in [-0.25, -0.2) is 0 Å². The summed E-state index contributed by atoms with van der Waals surface area (Å²) in [5.41, 5.74) is 7.36. The van der Waals surface area contributed by atoms with Crippen molar-refractivity contribution in [3.8, 4) is 0 Å². The number of para-hydroxylation sites is 1. The Hall–Kier alpha value is -1.39. The van der Waals surface area contributed by atoms with Crippen molar-refractivity contribution < 1.29 is 4.79 Å². The molecule has 0 aliphatic heterocycles. The maximum Gasteiger partial charge on any atom is 0.225 e. The van der Waals surface area contributed by atoms with Gasteiger partial charge in [-0.2, -0.15) is 0 Å². The van der Waals surface area contributed by atoms with E-state index < -0.39 is 0 Å². The van der Waals surface area contributed by atoms with Crippen LogP contribution < -0.4 is 11.1 Å². The second-order valence-corrected chi connectivity index (χ2v) is 3.96. The van der Waals surface area contributed by atoms with E-state index in [1.807, 2.05) is 43.3 Å². The summed E-state index contributed by atoms with van der Waals surface area (Å²) < 4.78 is 0. The third-order valence-corrected chi connectivity index (χ3v) is 2.30. The average Bonchev–Trinajstić information content (AvgIpc) is 2.27. The number of hydrogen-bond acceptors (Lipinski definition) is 3. The molecule has 0 fully saturated rings. The van der Waals surface area contributed by atoms with Gasteiger partial charge in [0.05, 0.1) is 0 Å². The normalized spacial score (nSPS) is 10.5. The molecule has 3 N–H and O–H groups in total. The standard InChI is InChI=1S/C12H19N3O/c1-15(2)8-7-12(16)14-11-6-4-3-5-10(11)9-13/h3-6H,7-9,13H2,1-2H3,(H,14,16). The van der Waals surface area contributed by atoms with E-state index in [0.29, 0.717) is 13.0 Å². The summed E-state index contributed by atoms with van der Waals surface area (Å²) in [6.45, 7) is 1.18. The van der Waals surface area contributed by atoms with Gasteiger partial charge in [0.2, 0.25) is 5.91 Å². The summed E-state index contributed by atoms with van der Waals surface area (Å²) in [6, 6.07) is 7.59. The monoisotopic (exact) mass is 221 g/mol. The van der Waals surface area contributed by atoms with Crippen LogP contribution in [0.5, 0.6) is 0 Å². The van der Waals surface area contributed by atoms with Crippen LogP contribution in [0.25, 0.3) is 0 Å². The molecule has 0 aromatic heterocycles. The number of anilines is 1. The van der Waals surface area contributed by atoms with Gasteiger partial charge in [-0.05, 0) is 25.7 Å². The van der Waals surface area contributed by atoms with Gasteiger partial charge >= 0.3 is 0 Å². The molecular weight excluding hydrogens is 202 g/mol. The van der Waals surface area contributed by atoms with Crippen LogP contribution in [0.2, 0.25) is 0 Å². The minimum Gasteiger partial charge on any atom is -0.326 e. The van der Waals surface area contributed by atoms with Gasteiger partial charge < -0.3 is 16.0 Å². The first kappa shape index (κ1) is 12.7. The van der Waals surface area contributed by atoms with Gasteiger partial charge in [-0.1, -0.05) is 18.2 Å². The number of nitrogens with one attached hydrogen (secondary N) is 1. The molecule has 1 amide bonds. The molecule has 4 heteroatoms. The Kier molecular flexibility index (Phi) is 4.95. The van der Waals surface area contributed by atoms with Crippen molar-refractivity contribution in [1.29, 1.82) is 0 Å². The molecule has 16 heavy (non-hydrogen) atoms. The molecule has 0 atom stereocenters. The Bertz CT molecular complexity index is 350. The predicted molar refractivity (Wildman–Crippen MR) is 66.1 cm³/mol. The van der Waals surface area contributed by atoms with E-state index >= 15 is 0 Å². The van der Waals surface area contributed by atoms with Crippen molar-refractivity contribution >= 4 is 11.6 Å². The molecule has 88 valence electrons. The van der Waals surface area contributed by atoms with E-state index in [1.54, 1.807) is 0 Å². The molecule has 1 aromatic rings. The van der Waals surface area contributed by atoms with Crippen LogP contribution in [0.3, 0.4) is 0 Å². The van der Waals surface area contributed by atoms with Crippen LogP contribution in [0, 0.1) is 0 Å². The van der Waals surface area contributed by atoms with Gasteiger partial charge in [0.15, 0.2) is 0 Å². The van der Waals surface area contributed by atoms with Gasteiger partial charge in [0.1, 0.15) is 0 Å². The van der Waals surface area contributed by atoms with Crippen molar-refractivity contribution in [3.05, 3.63) is 29.8 Å². The number of rotatable bonds is 5. The van der Waals surface area contributed by atoms with Crippen LogP contribution in [0.4, 0.5) is 5.69 Å². The fourth-order valence-corrected chi connectivity index (χ4v) is 1.36. The Morgan fingerprint density at radius 2 is 2.06 bits per heavy atom. The van der Waals surface area contributed by atoms with Crippen LogP contribution in [0.15, 0.2) is 24.3 Å². The first-order valence-electron chi connectivity index (χ1n) is 5.36. The minimum absolute atomic E-state index is 0.0228. The average molecular weight is 221 g/mol. The van der Waals surface area contributed by atoms with Crippen LogP contribution in [0.1, 0.15) is 12.0 Å². The number of benzene rings is 1. The second kappa shape index (κ2) is 6.25. The van der Waals surface area contributed by atoms with Gasteiger partial charge in [-0.3, -0.25) is 4.79 Å². The lowest BCUT2D eigenvalue weighted by molar-refractivity contribution is -0.116. The number of nitrogens with zero attached hydrogens (tertiary/aromatic N) is 1. The second-order valence-electron chi connectivity index (χ2n) is 3.96. The molecular formula is C12H19N3O. The topological polar surface area (TPSA) is 58.4 Å². The molecule has 1 aromatic carbocycles. The molecule has 0 saturated heterocycles. The van der Waals surface area contributed by atoms with Gasteiger partial charge in [-0.15, -0.1) is 0 Å². The molecule has 1 rings (SSSR count). The largest absolute Gasteiger partial charge is 0.326 e.